The van der Waals surface area contributed by atoms with Gasteiger partial charge in [0.1, 0.15) is 5.60 Å². The van der Waals surface area contributed by atoms with E-state index in [1.807, 2.05) is 60.4 Å². The van der Waals surface area contributed by atoms with Gasteiger partial charge in [-0.1, -0.05) is 42.0 Å². The molecule has 3 aromatic rings. The minimum Gasteiger partial charge on any atom is -0.453 e. The van der Waals surface area contributed by atoms with Gasteiger partial charge in [-0.05, 0) is 64.1 Å². The second kappa shape index (κ2) is 10.2. The van der Waals surface area contributed by atoms with Crippen molar-refractivity contribution in [1.29, 1.82) is 0 Å². The molecule has 39 heavy (non-hydrogen) atoms. The fourth-order valence-corrected chi connectivity index (χ4v) is 6.16. The van der Waals surface area contributed by atoms with Crippen LogP contribution >= 0.6 is 0 Å². The van der Waals surface area contributed by atoms with E-state index < -0.39 is 39.9 Å². The van der Waals surface area contributed by atoms with E-state index in [1.54, 1.807) is 32.9 Å². The molecule has 2 aliphatic heterocycles. The van der Waals surface area contributed by atoms with Crippen LogP contribution < -0.4 is 14.4 Å². The van der Waals surface area contributed by atoms with E-state index in [0.29, 0.717) is 22.9 Å². The first-order valence-corrected chi connectivity index (χ1v) is 14.3. The number of nitrogens with one attached hydrogen (secondary N) is 1. The Hall–Kier alpha value is -3.60. The fourth-order valence-electron chi connectivity index (χ4n) is 4.91. The third-order valence-electron chi connectivity index (χ3n) is 6.72. The molecule has 1 amide bonds. The molecule has 0 aromatic heterocycles. The molecule has 0 unspecified atom stereocenters. The highest BCUT2D eigenvalue weighted by Gasteiger charge is 2.45. The number of para-hydroxylation sites is 4. The van der Waals surface area contributed by atoms with E-state index in [0.717, 1.165) is 5.56 Å². The predicted octanol–water partition coefficient (Wildman–Crippen LogP) is 4.57. The molecular weight excluding hydrogens is 518 g/mol. The Kier molecular flexibility index (Phi) is 7.04. The zero-order valence-electron chi connectivity index (χ0n) is 22.4. The average molecular weight is 552 g/mol. The van der Waals surface area contributed by atoms with Crippen LogP contribution in [0.4, 0.5) is 16.2 Å². The van der Waals surface area contributed by atoms with E-state index in [1.165, 1.54) is 17.0 Å². The van der Waals surface area contributed by atoms with Crippen molar-refractivity contribution in [1.82, 2.24) is 9.62 Å². The molecule has 1 fully saturated rings. The summed E-state index contributed by atoms with van der Waals surface area (Å²) in [6.07, 6.45) is -1.77. The van der Waals surface area contributed by atoms with Crippen molar-refractivity contribution in [3.05, 3.63) is 78.4 Å². The Labute approximate surface area is 229 Å². The lowest BCUT2D eigenvalue weighted by atomic mass is 9.94. The molecule has 206 valence electrons. The van der Waals surface area contributed by atoms with Gasteiger partial charge in [0.05, 0.1) is 34.5 Å². The van der Waals surface area contributed by atoms with E-state index in [4.69, 9.17) is 9.47 Å². The number of hydrogen-bond donors (Lipinski definition) is 2. The number of carbonyl (C=O) groups excluding carboxylic acids is 1. The maximum absolute atomic E-state index is 13.4. The molecule has 3 aromatic carbocycles. The van der Waals surface area contributed by atoms with Gasteiger partial charge in [-0.2, -0.15) is 0 Å². The van der Waals surface area contributed by atoms with Gasteiger partial charge in [-0.15, -0.1) is 0 Å². The third-order valence-corrected chi connectivity index (χ3v) is 8.23. The lowest BCUT2D eigenvalue weighted by molar-refractivity contribution is -0.00353. The standard InChI is InChI=1S/C29H33N3O6S/c1-19-13-15-20(16-14-19)39(35,36)30-21-17-31(28(34)38-29(2,3)4)18-24(27(21)33)32-22-9-5-7-11-25(22)37-26-12-8-6-10-23(26)32/h5-16,21,24,27,30,33H,17-18H2,1-4H3/t21-,24+,27+/m0/s1. The second-order valence-corrected chi connectivity index (χ2v) is 12.6. The SMILES string of the molecule is Cc1ccc(S(=O)(=O)N[C@H]2CN(C(=O)OC(C)(C)C)C[C@@H](N3c4ccccc4Oc4ccccc43)[C@@H]2O)cc1. The topological polar surface area (TPSA) is 108 Å². The Balaban J connectivity index is 1.55. The summed E-state index contributed by atoms with van der Waals surface area (Å²) in [5.41, 5.74) is 1.57. The number of benzene rings is 3. The van der Waals surface area contributed by atoms with Gasteiger partial charge in [-0.3, -0.25) is 0 Å². The summed E-state index contributed by atoms with van der Waals surface area (Å²) in [5.74, 6) is 1.18. The highest BCUT2D eigenvalue weighted by atomic mass is 32.2. The maximum Gasteiger partial charge on any atom is 0.410 e. The van der Waals surface area contributed by atoms with Crippen LogP contribution in [0.2, 0.25) is 0 Å². The van der Waals surface area contributed by atoms with Gasteiger partial charge in [0.2, 0.25) is 10.0 Å². The van der Waals surface area contributed by atoms with Crippen molar-refractivity contribution in [2.24, 2.45) is 0 Å². The average Bonchev–Trinajstić information content (AvgIpc) is 2.88. The van der Waals surface area contributed by atoms with Gasteiger partial charge in [-0.25, -0.2) is 17.9 Å². The number of aliphatic hydroxyl groups excluding tert-OH is 1. The summed E-state index contributed by atoms with van der Waals surface area (Å²) in [6.45, 7) is 7.22. The van der Waals surface area contributed by atoms with E-state index in [9.17, 15) is 18.3 Å². The fraction of sp³-hybridized carbons (Fsp3) is 0.345. The monoisotopic (exact) mass is 551 g/mol. The largest absolute Gasteiger partial charge is 0.453 e. The number of fused-ring (bicyclic) bond motifs is 2. The van der Waals surface area contributed by atoms with Crippen LogP contribution in [0.15, 0.2) is 77.7 Å². The molecule has 2 heterocycles. The normalized spacial score (nSPS) is 21.0. The predicted molar refractivity (Wildman–Crippen MR) is 148 cm³/mol. The lowest BCUT2D eigenvalue weighted by Gasteiger charge is -2.48. The number of nitrogens with zero attached hydrogens (tertiary/aromatic N) is 2. The number of aliphatic hydroxyl groups is 1. The lowest BCUT2D eigenvalue weighted by Crippen LogP contribution is -2.66. The number of carbonyl (C=O) groups is 1. The molecule has 1 saturated heterocycles. The van der Waals surface area contributed by atoms with Gasteiger partial charge in [0, 0.05) is 13.1 Å². The summed E-state index contributed by atoms with van der Waals surface area (Å²) in [6, 6.07) is 19.6. The number of sulfonamides is 1. The van der Waals surface area contributed by atoms with Crippen molar-refractivity contribution >= 4 is 27.5 Å². The number of likely N-dealkylation sites (tertiary alicyclic amines) is 1. The summed E-state index contributed by atoms with van der Waals surface area (Å²) in [5, 5.41) is 11.7. The Morgan fingerprint density at radius 1 is 0.949 bits per heavy atom. The molecule has 0 saturated carbocycles. The van der Waals surface area contributed by atoms with E-state index in [2.05, 4.69) is 4.72 Å². The molecule has 0 bridgehead atoms. The van der Waals surface area contributed by atoms with Crippen molar-refractivity contribution in [3.8, 4) is 11.5 Å². The summed E-state index contributed by atoms with van der Waals surface area (Å²) >= 11 is 0. The van der Waals surface area contributed by atoms with Crippen LogP contribution in [0.25, 0.3) is 0 Å². The van der Waals surface area contributed by atoms with Crippen LogP contribution in [0.5, 0.6) is 11.5 Å². The van der Waals surface area contributed by atoms with Gasteiger partial charge in [0.25, 0.3) is 0 Å². The molecule has 2 aliphatic rings. The highest BCUT2D eigenvalue weighted by molar-refractivity contribution is 7.89. The summed E-state index contributed by atoms with van der Waals surface area (Å²) < 4.78 is 41.1. The number of rotatable bonds is 4. The Bertz CT molecular complexity index is 1420. The zero-order chi connectivity index (χ0) is 27.9. The van der Waals surface area contributed by atoms with Crippen LogP contribution in [0, 0.1) is 6.92 Å². The first-order valence-electron chi connectivity index (χ1n) is 12.8. The number of ether oxygens (including phenoxy) is 2. The Morgan fingerprint density at radius 2 is 1.51 bits per heavy atom. The van der Waals surface area contributed by atoms with E-state index >= 15 is 0 Å². The second-order valence-electron chi connectivity index (χ2n) is 10.9. The molecule has 0 aliphatic carbocycles. The minimum absolute atomic E-state index is 0.0642. The van der Waals surface area contributed by atoms with Crippen LogP contribution in [0.3, 0.4) is 0 Å². The molecule has 9 nitrogen and oxygen atoms in total. The highest BCUT2D eigenvalue weighted by Crippen LogP contribution is 2.48. The van der Waals surface area contributed by atoms with Crippen LogP contribution in [0.1, 0.15) is 26.3 Å². The molecule has 5 rings (SSSR count). The Morgan fingerprint density at radius 3 is 2.08 bits per heavy atom. The maximum atomic E-state index is 13.4. The van der Waals surface area contributed by atoms with Gasteiger partial charge in [0.15, 0.2) is 11.5 Å². The molecular formula is C29H33N3O6S. The van der Waals surface area contributed by atoms with Gasteiger partial charge >= 0.3 is 6.09 Å². The van der Waals surface area contributed by atoms with Gasteiger partial charge < -0.3 is 24.4 Å². The molecule has 0 radical (unpaired) electrons. The number of piperidine rings is 1. The number of amides is 1. The quantitative estimate of drug-likeness (QED) is 0.489. The first kappa shape index (κ1) is 27.0. The van der Waals surface area contributed by atoms with E-state index in [-0.39, 0.29) is 18.0 Å². The number of hydrogen-bond acceptors (Lipinski definition) is 7. The van der Waals surface area contributed by atoms with Crippen molar-refractivity contribution < 1.29 is 27.8 Å². The minimum atomic E-state index is -4.00. The molecule has 3 atom stereocenters. The number of anilines is 2. The summed E-state index contributed by atoms with van der Waals surface area (Å²) in [7, 11) is -4.00. The third kappa shape index (κ3) is 5.59. The van der Waals surface area contributed by atoms with Crippen LogP contribution in [-0.2, 0) is 14.8 Å². The van der Waals surface area contributed by atoms with Crippen molar-refractivity contribution in [2.75, 3.05) is 18.0 Å². The number of aryl methyl sites for hydroxylation is 1. The van der Waals surface area contributed by atoms with Crippen LogP contribution in [-0.4, -0.2) is 61.4 Å². The first-order chi connectivity index (χ1) is 18.4. The molecule has 2 N–H and O–H groups in total. The van der Waals surface area contributed by atoms with Crippen molar-refractivity contribution in [3.63, 3.8) is 0 Å². The van der Waals surface area contributed by atoms with Crippen molar-refractivity contribution in [2.45, 2.75) is 56.4 Å². The zero-order valence-corrected chi connectivity index (χ0v) is 23.2. The molecule has 0 spiro atoms. The smallest absolute Gasteiger partial charge is 0.410 e. The summed E-state index contributed by atoms with van der Waals surface area (Å²) in [4.78, 5) is 16.7. The molecule has 10 heteroatoms.